The van der Waals surface area contributed by atoms with Gasteiger partial charge in [-0.2, -0.15) is 0 Å². The minimum absolute atomic E-state index is 0.0103. The summed E-state index contributed by atoms with van der Waals surface area (Å²) >= 11 is 0. The molecule has 0 spiro atoms. The number of fused-ring (bicyclic) bond motifs is 2. The number of amides is 1. The number of carbonyl (C=O) groups excluding carboxylic acids is 1. The van der Waals surface area contributed by atoms with E-state index in [9.17, 15) is 4.79 Å². The Hall–Kier alpha value is -2.73. The highest BCUT2D eigenvalue weighted by atomic mass is 16.7. The number of nitrogens with one attached hydrogen (secondary N) is 1. The standard InChI is InChI=1S/C21H24N2O4/c1-14(23(2)12-15-7-8-19-20(11-15)27-13-26-19)21(24)22-17-9-10-25-18-6-4-3-5-16(17)18/h3-8,11,14,17H,9-10,12-13H2,1-2H3,(H,22,24). The second kappa shape index (κ2) is 7.48. The van der Waals surface area contributed by atoms with Crippen LogP contribution in [0.4, 0.5) is 0 Å². The summed E-state index contributed by atoms with van der Waals surface area (Å²) in [5.41, 5.74) is 2.13. The van der Waals surface area contributed by atoms with E-state index in [1.807, 2.05) is 61.3 Å². The summed E-state index contributed by atoms with van der Waals surface area (Å²) in [5, 5.41) is 3.18. The molecule has 2 aromatic carbocycles. The second-order valence-electron chi connectivity index (χ2n) is 7.01. The van der Waals surface area contributed by atoms with Gasteiger partial charge in [-0.3, -0.25) is 9.69 Å². The lowest BCUT2D eigenvalue weighted by Gasteiger charge is -2.30. The van der Waals surface area contributed by atoms with Crippen LogP contribution in [-0.2, 0) is 11.3 Å². The quantitative estimate of drug-likeness (QED) is 0.879. The maximum atomic E-state index is 12.8. The van der Waals surface area contributed by atoms with Crippen molar-refractivity contribution in [2.45, 2.75) is 32.0 Å². The van der Waals surface area contributed by atoms with E-state index in [1.165, 1.54) is 0 Å². The minimum Gasteiger partial charge on any atom is -0.493 e. The van der Waals surface area contributed by atoms with Crippen LogP contribution in [-0.4, -0.2) is 37.3 Å². The van der Waals surface area contributed by atoms with Gasteiger partial charge in [0.15, 0.2) is 11.5 Å². The van der Waals surface area contributed by atoms with E-state index in [-0.39, 0.29) is 24.8 Å². The van der Waals surface area contributed by atoms with Gasteiger partial charge in [0.2, 0.25) is 12.7 Å². The lowest BCUT2D eigenvalue weighted by Crippen LogP contribution is -2.45. The van der Waals surface area contributed by atoms with Crippen LogP contribution in [0.15, 0.2) is 42.5 Å². The molecule has 0 bridgehead atoms. The second-order valence-corrected chi connectivity index (χ2v) is 7.01. The fraction of sp³-hybridized carbons (Fsp3) is 0.381. The van der Waals surface area contributed by atoms with Gasteiger partial charge in [-0.15, -0.1) is 0 Å². The molecule has 0 radical (unpaired) electrons. The molecular weight excluding hydrogens is 344 g/mol. The molecule has 0 saturated carbocycles. The Kier molecular flexibility index (Phi) is 4.90. The zero-order chi connectivity index (χ0) is 18.8. The number of hydrogen-bond donors (Lipinski definition) is 1. The Bertz CT molecular complexity index is 839. The molecule has 2 aliphatic rings. The highest BCUT2D eigenvalue weighted by Crippen LogP contribution is 2.33. The molecule has 0 saturated heterocycles. The zero-order valence-electron chi connectivity index (χ0n) is 15.6. The SMILES string of the molecule is CC(C(=O)NC1CCOc2ccccc21)N(C)Cc1ccc2c(c1)OCO2. The van der Waals surface area contributed by atoms with Gasteiger partial charge in [-0.05, 0) is 37.7 Å². The van der Waals surface area contributed by atoms with Crippen molar-refractivity contribution in [1.29, 1.82) is 0 Å². The summed E-state index contributed by atoms with van der Waals surface area (Å²) < 4.78 is 16.5. The number of nitrogens with zero attached hydrogens (tertiary/aromatic N) is 1. The molecule has 1 amide bonds. The van der Waals surface area contributed by atoms with Gasteiger partial charge in [0, 0.05) is 18.5 Å². The van der Waals surface area contributed by atoms with E-state index < -0.39 is 0 Å². The highest BCUT2D eigenvalue weighted by molar-refractivity contribution is 5.81. The third-order valence-electron chi connectivity index (χ3n) is 5.18. The minimum atomic E-state index is -0.259. The largest absolute Gasteiger partial charge is 0.493 e. The Balaban J connectivity index is 1.39. The van der Waals surface area contributed by atoms with Crippen LogP contribution in [0, 0.1) is 0 Å². The summed E-state index contributed by atoms with van der Waals surface area (Å²) in [6.45, 7) is 3.45. The average molecular weight is 368 g/mol. The Labute approximate surface area is 159 Å². The monoisotopic (exact) mass is 368 g/mol. The van der Waals surface area contributed by atoms with Gasteiger partial charge in [0.1, 0.15) is 5.75 Å². The van der Waals surface area contributed by atoms with E-state index in [0.717, 1.165) is 34.8 Å². The summed E-state index contributed by atoms with van der Waals surface area (Å²) in [4.78, 5) is 14.8. The van der Waals surface area contributed by atoms with Crippen LogP contribution < -0.4 is 19.5 Å². The van der Waals surface area contributed by atoms with Gasteiger partial charge in [-0.25, -0.2) is 0 Å². The highest BCUT2D eigenvalue weighted by Gasteiger charge is 2.26. The van der Waals surface area contributed by atoms with E-state index in [2.05, 4.69) is 5.32 Å². The maximum absolute atomic E-state index is 12.8. The van der Waals surface area contributed by atoms with E-state index in [0.29, 0.717) is 13.2 Å². The third-order valence-corrected chi connectivity index (χ3v) is 5.18. The number of hydrogen-bond acceptors (Lipinski definition) is 5. The molecule has 2 aliphatic heterocycles. The molecule has 0 fully saturated rings. The van der Waals surface area contributed by atoms with Crippen LogP contribution >= 0.6 is 0 Å². The molecule has 0 aromatic heterocycles. The molecule has 27 heavy (non-hydrogen) atoms. The van der Waals surface area contributed by atoms with Gasteiger partial charge in [-0.1, -0.05) is 24.3 Å². The fourth-order valence-corrected chi connectivity index (χ4v) is 3.45. The number of benzene rings is 2. The predicted octanol–water partition coefficient (Wildman–Crippen LogP) is 2.88. The molecule has 6 heteroatoms. The number of rotatable bonds is 5. The van der Waals surface area contributed by atoms with Crippen molar-refractivity contribution >= 4 is 5.91 Å². The smallest absolute Gasteiger partial charge is 0.237 e. The molecule has 2 heterocycles. The Morgan fingerprint density at radius 3 is 2.85 bits per heavy atom. The van der Waals surface area contributed by atoms with Crippen LogP contribution in [0.5, 0.6) is 17.2 Å². The van der Waals surface area contributed by atoms with Crippen LogP contribution in [0.3, 0.4) is 0 Å². The number of carbonyl (C=O) groups is 1. The van der Waals surface area contributed by atoms with Crippen molar-refractivity contribution in [3.05, 3.63) is 53.6 Å². The number of ether oxygens (including phenoxy) is 3. The van der Waals surface area contributed by atoms with E-state index >= 15 is 0 Å². The first kappa shape index (κ1) is 17.7. The molecule has 142 valence electrons. The summed E-state index contributed by atoms with van der Waals surface area (Å²) in [7, 11) is 1.95. The molecule has 1 N–H and O–H groups in total. The van der Waals surface area contributed by atoms with Crippen molar-refractivity contribution in [3.8, 4) is 17.2 Å². The average Bonchev–Trinajstić information content (AvgIpc) is 3.15. The molecule has 4 rings (SSSR count). The Morgan fingerprint density at radius 1 is 1.15 bits per heavy atom. The summed E-state index contributed by atoms with van der Waals surface area (Å²) in [6, 6.07) is 13.5. The van der Waals surface area contributed by atoms with Gasteiger partial charge < -0.3 is 19.5 Å². The van der Waals surface area contributed by atoms with Crippen molar-refractivity contribution in [2.75, 3.05) is 20.4 Å². The topological polar surface area (TPSA) is 60.0 Å². The lowest BCUT2D eigenvalue weighted by molar-refractivity contribution is -0.126. The number of para-hydroxylation sites is 1. The van der Waals surface area contributed by atoms with Crippen LogP contribution in [0.25, 0.3) is 0 Å². The first-order valence-electron chi connectivity index (χ1n) is 9.22. The first-order chi connectivity index (χ1) is 13.1. The van der Waals surface area contributed by atoms with Crippen molar-refractivity contribution in [1.82, 2.24) is 10.2 Å². The lowest BCUT2D eigenvalue weighted by atomic mass is 10.00. The summed E-state index contributed by atoms with van der Waals surface area (Å²) in [6.07, 6.45) is 0.779. The zero-order valence-corrected chi connectivity index (χ0v) is 15.6. The number of likely N-dealkylation sites (N-methyl/N-ethyl adjacent to an activating group) is 1. The molecule has 6 nitrogen and oxygen atoms in total. The van der Waals surface area contributed by atoms with Crippen molar-refractivity contribution in [2.24, 2.45) is 0 Å². The molecule has 0 aliphatic carbocycles. The third kappa shape index (κ3) is 3.71. The van der Waals surface area contributed by atoms with Crippen molar-refractivity contribution in [3.63, 3.8) is 0 Å². The molecule has 2 unspecified atom stereocenters. The Morgan fingerprint density at radius 2 is 1.96 bits per heavy atom. The normalized spacial score (nSPS) is 18.6. The van der Waals surface area contributed by atoms with Gasteiger partial charge in [0.05, 0.1) is 18.7 Å². The molecular formula is C21H24N2O4. The van der Waals surface area contributed by atoms with Gasteiger partial charge in [0.25, 0.3) is 0 Å². The fourth-order valence-electron chi connectivity index (χ4n) is 3.45. The van der Waals surface area contributed by atoms with Crippen molar-refractivity contribution < 1.29 is 19.0 Å². The summed E-state index contributed by atoms with van der Waals surface area (Å²) in [5.74, 6) is 2.40. The van der Waals surface area contributed by atoms with E-state index in [4.69, 9.17) is 14.2 Å². The van der Waals surface area contributed by atoms with Crippen LogP contribution in [0.1, 0.15) is 30.5 Å². The van der Waals surface area contributed by atoms with Crippen LogP contribution in [0.2, 0.25) is 0 Å². The predicted molar refractivity (Wildman–Crippen MR) is 101 cm³/mol. The van der Waals surface area contributed by atoms with Gasteiger partial charge >= 0.3 is 0 Å². The van der Waals surface area contributed by atoms with E-state index in [1.54, 1.807) is 0 Å². The molecule has 2 atom stereocenters. The molecule has 2 aromatic rings. The maximum Gasteiger partial charge on any atom is 0.237 e. The first-order valence-corrected chi connectivity index (χ1v) is 9.22.